The number of rotatable bonds is 4. The van der Waals surface area contributed by atoms with Gasteiger partial charge in [-0.25, -0.2) is 0 Å². The van der Waals surface area contributed by atoms with Crippen LogP contribution >= 0.6 is 0 Å². The van der Waals surface area contributed by atoms with Gasteiger partial charge >= 0.3 is 0 Å². The first-order chi connectivity index (χ1) is 8.29. The molecule has 0 amide bonds. The molecule has 17 heavy (non-hydrogen) atoms. The van der Waals surface area contributed by atoms with Crippen LogP contribution in [0.25, 0.3) is 0 Å². The highest BCUT2D eigenvalue weighted by Gasteiger charge is 2.06. The molecule has 86 valence electrons. The fraction of sp³-hybridized carbons (Fsp3) is 0.231. The van der Waals surface area contributed by atoms with Gasteiger partial charge in [0.05, 0.1) is 6.54 Å². The van der Waals surface area contributed by atoms with E-state index in [1.165, 1.54) is 5.56 Å². The van der Waals surface area contributed by atoms with Crippen molar-refractivity contribution in [3.05, 3.63) is 53.7 Å². The van der Waals surface area contributed by atoms with Crippen LogP contribution in [0.2, 0.25) is 0 Å². The Labute approximate surface area is 99.9 Å². The summed E-state index contributed by atoms with van der Waals surface area (Å²) in [5, 5.41) is 12.0. The topological polar surface area (TPSA) is 61.9 Å². The van der Waals surface area contributed by atoms with Crippen LogP contribution in [0, 0.1) is 11.3 Å². The van der Waals surface area contributed by atoms with Gasteiger partial charge in [0.1, 0.15) is 11.8 Å². The van der Waals surface area contributed by atoms with Crippen LogP contribution in [0.4, 0.5) is 0 Å². The molecule has 2 rings (SSSR count). The zero-order chi connectivity index (χ0) is 12.1. The second kappa shape index (κ2) is 5.28. The average molecular weight is 227 g/mol. The summed E-state index contributed by atoms with van der Waals surface area (Å²) >= 11 is 0. The number of hydrogen-bond donors (Lipinski definition) is 1. The summed E-state index contributed by atoms with van der Waals surface area (Å²) in [6, 6.07) is 9.61. The van der Waals surface area contributed by atoms with Gasteiger partial charge in [-0.2, -0.15) is 5.26 Å². The van der Waals surface area contributed by atoms with Crippen molar-refractivity contribution < 1.29 is 4.42 Å². The van der Waals surface area contributed by atoms with Crippen molar-refractivity contribution in [2.45, 2.75) is 19.5 Å². The molecule has 0 spiro atoms. The Morgan fingerprint density at radius 3 is 2.76 bits per heavy atom. The maximum atomic E-state index is 8.64. The zero-order valence-electron chi connectivity index (χ0n) is 9.55. The summed E-state index contributed by atoms with van der Waals surface area (Å²) in [7, 11) is 0. The van der Waals surface area contributed by atoms with E-state index in [0.29, 0.717) is 12.3 Å². The van der Waals surface area contributed by atoms with Crippen molar-refractivity contribution in [3.8, 4) is 6.07 Å². The monoisotopic (exact) mass is 227 g/mol. The molecular formula is C13H13N3O. The molecule has 0 aliphatic carbocycles. The second-order valence-corrected chi connectivity index (χ2v) is 3.76. The third kappa shape index (κ3) is 2.92. The summed E-state index contributed by atoms with van der Waals surface area (Å²) in [6.07, 6.45) is 3.54. The molecule has 0 saturated heterocycles. The van der Waals surface area contributed by atoms with E-state index < -0.39 is 0 Å². The lowest BCUT2D eigenvalue weighted by atomic mass is 10.1. The maximum absolute atomic E-state index is 8.64. The predicted octanol–water partition coefficient (Wildman–Crippen LogP) is 2.40. The van der Waals surface area contributed by atoms with E-state index >= 15 is 0 Å². The van der Waals surface area contributed by atoms with Crippen LogP contribution in [-0.4, -0.2) is 4.98 Å². The highest BCUT2D eigenvalue weighted by atomic mass is 16.3. The smallest absolute Gasteiger partial charge is 0.203 e. The number of nitrogens with zero attached hydrogens (tertiary/aromatic N) is 2. The van der Waals surface area contributed by atoms with Gasteiger partial charge < -0.3 is 9.73 Å². The molecule has 1 atom stereocenters. The van der Waals surface area contributed by atoms with Gasteiger partial charge in [0.25, 0.3) is 0 Å². The average Bonchev–Trinajstić information content (AvgIpc) is 2.85. The third-order valence-corrected chi connectivity index (χ3v) is 2.56. The third-order valence-electron chi connectivity index (χ3n) is 2.56. The molecule has 0 aliphatic heterocycles. The summed E-state index contributed by atoms with van der Waals surface area (Å²) in [4.78, 5) is 3.98. The van der Waals surface area contributed by atoms with Gasteiger partial charge in [-0.05, 0) is 36.8 Å². The molecule has 0 aliphatic rings. The van der Waals surface area contributed by atoms with E-state index in [2.05, 4.69) is 17.2 Å². The first-order valence-electron chi connectivity index (χ1n) is 5.41. The van der Waals surface area contributed by atoms with E-state index in [-0.39, 0.29) is 6.04 Å². The molecule has 2 heterocycles. The van der Waals surface area contributed by atoms with Gasteiger partial charge in [0.15, 0.2) is 0 Å². The Kier molecular flexibility index (Phi) is 3.53. The van der Waals surface area contributed by atoms with Gasteiger partial charge in [-0.15, -0.1) is 0 Å². The van der Waals surface area contributed by atoms with Crippen LogP contribution in [0.3, 0.4) is 0 Å². The summed E-state index contributed by atoms with van der Waals surface area (Å²) in [5.74, 6) is 1.11. The van der Waals surface area contributed by atoms with E-state index in [4.69, 9.17) is 9.68 Å². The minimum absolute atomic E-state index is 0.216. The molecule has 0 aromatic carbocycles. The largest absolute Gasteiger partial charge is 0.449 e. The molecule has 0 radical (unpaired) electrons. The molecule has 4 nitrogen and oxygen atoms in total. The van der Waals surface area contributed by atoms with Crippen LogP contribution in [0.5, 0.6) is 0 Å². The SMILES string of the molecule is C[C@@H](NCc1ccc(C#N)o1)c1ccncc1. The molecule has 4 heteroatoms. The molecule has 0 fully saturated rings. The lowest BCUT2D eigenvalue weighted by Crippen LogP contribution is -2.17. The molecular weight excluding hydrogens is 214 g/mol. The standard InChI is InChI=1S/C13H13N3O/c1-10(11-4-6-15-7-5-11)16-9-13-3-2-12(8-14)17-13/h2-7,10,16H,9H2,1H3/t10-/m1/s1. The van der Waals surface area contributed by atoms with Gasteiger partial charge in [-0.3, -0.25) is 4.98 Å². The number of hydrogen-bond acceptors (Lipinski definition) is 4. The summed E-state index contributed by atoms with van der Waals surface area (Å²) in [5.41, 5.74) is 1.17. The molecule has 2 aromatic heterocycles. The van der Waals surface area contributed by atoms with Crippen molar-refractivity contribution in [3.63, 3.8) is 0 Å². The quantitative estimate of drug-likeness (QED) is 0.871. The Bertz CT molecular complexity index is 513. The van der Waals surface area contributed by atoms with Crippen molar-refractivity contribution in [2.75, 3.05) is 0 Å². The Morgan fingerprint density at radius 2 is 2.12 bits per heavy atom. The Hall–Kier alpha value is -2.12. The van der Waals surface area contributed by atoms with E-state index in [1.807, 2.05) is 24.3 Å². The number of aromatic nitrogens is 1. The summed E-state index contributed by atoms with van der Waals surface area (Å²) in [6.45, 7) is 2.68. The van der Waals surface area contributed by atoms with Crippen molar-refractivity contribution in [1.29, 1.82) is 5.26 Å². The minimum atomic E-state index is 0.216. The van der Waals surface area contributed by atoms with Crippen LogP contribution < -0.4 is 5.32 Å². The highest BCUT2D eigenvalue weighted by Crippen LogP contribution is 2.12. The minimum Gasteiger partial charge on any atom is -0.449 e. The fourth-order valence-corrected chi connectivity index (χ4v) is 1.56. The molecule has 0 bridgehead atoms. The Morgan fingerprint density at radius 1 is 1.35 bits per heavy atom. The number of nitrogens with one attached hydrogen (secondary N) is 1. The molecule has 2 aromatic rings. The first-order valence-corrected chi connectivity index (χ1v) is 5.41. The van der Waals surface area contributed by atoms with Crippen molar-refractivity contribution >= 4 is 0 Å². The van der Waals surface area contributed by atoms with Crippen LogP contribution in [-0.2, 0) is 6.54 Å². The van der Waals surface area contributed by atoms with E-state index in [0.717, 1.165) is 5.76 Å². The van der Waals surface area contributed by atoms with Gasteiger partial charge in [0.2, 0.25) is 5.76 Å². The number of furan rings is 1. The normalized spacial score (nSPS) is 12.0. The lowest BCUT2D eigenvalue weighted by Gasteiger charge is -2.12. The van der Waals surface area contributed by atoms with Gasteiger partial charge in [-0.1, -0.05) is 0 Å². The van der Waals surface area contributed by atoms with Crippen LogP contribution in [0.1, 0.15) is 30.0 Å². The Balaban J connectivity index is 1.92. The van der Waals surface area contributed by atoms with Crippen molar-refractivity contribution in [2.24, 2.45) is 0 Å². The fourth-order valence-electron chi connectivity index (χ4n) is 1.56. The van der Waals surface area contributed by atoms with E-state index in [9.17, 15) is 0 Å². The number of pyridine rings is 1. The highest BCUT2D eigenvalue weighted by molar-refractivity contribution is 5.19. The molecule has 1 N–H and O–H groups in total. The zero-order valence-corrected chi connectivity index (χ0v) is 9.55. The van der Waals surface area contributed by atoms with E-state index in [1.54, 1.807) is 18.5 Å². The number of nitriles is 1. The predicted molar refractivity (Wildman–Crippen MR) is 62.9 cm³/mol. The summed E-state index contributed by atoms with van der Waals surface area (Å²) < 4.78 is 5.28. The van der Waals surface area contributed by atoms with Gasteiger partial charge in [0, 0.05) is 18.4 Å². The van der Waals surface area contributed by atoms with Crippen LogP contribution in [0.15, 0.2) is 41.1 Å². The lowest BCUT2D eigenvalue weighted by molar-refractivity contribution is 0.453. The molecule has 0 unspecified atom stereocenters. The first kappa shape index (κ1) is 11.4. The molecule has 0 saturated carbocycles. The second-order valence-electron chi connectivity index (χ2n) is 3.76. The maximum Gasteiger partial charge on any atom is 0.203 e. The van der Waals surface area contributed by atoms with Crippen molar-refractivity contribution in [1.82, 2.24) is 10.3 Å².